The number of ether oxygens (including phenoxy) is 2. The van der Waals surface area contributed by atoms with E-state index in [-0.39, 0.29) is 11.8 Å². The van der Waals surface area contributed by atoms with Crippen LogP contribution in [0.1, 0.15) is 29.0 Å². The van der Waals surface area contributed by atoms with Gasteiger partial charge in [-0.15, -0.1) is 0 Å². The predicted molar refractivity (Wildman–Crippen MR) is 107 cm³/mol. The fourth-order valence-electron chi connectivity index (χ4n) is 3.56. The molecule has 6 nitrogen and oxygen atoms in total. The summed E-state index contributed by atoms with van der Waals surface area (Å²) in [5.41, 5.74) is 2.82. The molecular formula is C21H20ClN3O3. The highest BCUT2D eigenvalue weighted by molar-refractivity contribution is 6.31. The summed E-state index contributed by atoms with van der Waals surface area (Å²) < 4.78 is 12.6. The smallest absolute Gasteiger partial charge is 0.226 e. The second kappa shape index (κ2) is 7.56. The summed E-state index contributed by atoms with van der Waals surface area (Å²) in [7, 11) is 3.22. The molecule has 0 aliphatic carbocycles. The highest BCUT2D eigenvalue weighted by Crippen LogP contribution is 2.42. The maximum Gasteiger partial charge on any atom is 0.226 e. The number of nitrogens with zero attached hydrogens (tertiary/aromatic N) is 2. The summed E-state index contributed by atoms with van der Waals surface area (Å²) in [5, 5.41) is 8.14. The fraction of sp³-hybridized carbons (Fsp3) is 0.238. The Bertz CT molecular complexity index is 1030. The molecule has 1 aliphatic rings. The first kappa shape index (κ1) is 18.4. The summed E-state index contributed by atoms with van der Waals surface area (Å²) >= 11 is 6.29. The van der Waals surface area contributed by atoms with Crippen molar-refractivity contribution in [2.75, 3.05) is 19.5 Å². The Hall–Kier alpha value is -2.99. The van der Waals surface area contributed by atoms with E-state index in [1.54, 1.807) is 25.1 Å². The molecule has 4 rings (SSSR count). The molecule has 0 spiro atoms. The first-order valence-corrected chi connectivity index (χ1v) is 9.29. The molecular weight excluding hydrogens is 378 g/mol. The van der Waals surface area contributed by atoms with E-state index in [9.17, 15) is 4.79 Å². The fourth-order valence-corrected chi connectivity index (χ4v) is 3.76. The van der Waals surface area contributed by atoms with Crippen LogP contribution in [0.2, 0.25) is 5.02 Å². The number of hydrogen-bond acceptors (Lipinski definition) is 4. The molecule has 0 saturated carbocycles. The number of methoxy groups -OCH3 is 2. The van der Waals surface area contributed by atoms with Gasteiger partial charge in [0.2, 0.25) is 5.91 Å². The van der Waals surface area contributed by atoms with Gasteiger partial charge in [0, 0.05) is 34.6 Å². The number of anilines is 1. The van der Waals surface area contributed by atoms with Crippen molar-refractivity contribution in [3.8, 4) is 11.5 Å². The zero-order valence-corrected chi connectivity index (χ0v) is 16.4. The number of fused-ring (bicyclic) bond motifs is 1. The maximum atomic E-state index is 12.5. The van der Waals surface area contributed by atoms with Crippen molar-refractivity contribution in [2.45, 2.75) is 18.9 Å². The number of hydrogen-bond donors (Lipinski definition) is 1. The highest BCUT2D eigenvalue weighted by atomic mass is 35.5. The lowest BCUT2D eigenvalue weighted by molar-refractivity contribution is -0.116. The number of halogens is 1. The van der Waals surface area contributed by atoms with E-state index in [0.29, 0.717) is 35.3 Å². The normalized spacial score (nSPS) is 15.7. The van der Waals surface area contributed by atoms with Gasteiger partial charge in [0.15, 0.2) is 0 Å². The topological polar surface area (TPSA) is 65.4 Å². The van der Waals surface area contributed by atoms with E-state index in [2.05, 4.69) is 10.4 Å². The summed E-state index contributed by atoms with van der Waals surface area (Å²) in [4.78, 5) is 12.5. The lowest BCUT2D eigenvalue weighted by Crippen LogP contribution is -2.25. The van der Waals surface area contributed by atoms with E-state index in [1.807, 2.05) is 42.5 Å². The molecule has 0 unspecified atom stereocenters. The van der Waals surface area contributed by atoms with Crippen molar-refractivity contribution in [1.29, 1.82) is 0 Å². The van der Waals surface area contributed by atoms with Gasteiger partial charge in [-0.1, -0.05) is 35.9 Å². The second-order valence-electron chi connectivity index (χ2n) is 6.61. The molecule has 28 heavy (non-hydrogen) atoms. The molecule has 2 aromatic carbocycles. The number of carbonyl (C=O) groups is 1. The number of amides is 1. The summed E-state index contributed by atoms with van der Waals surface area (Å²) in [5.74, 6) is 1.87. The van der Waals surface area contributed by atoms with Crippen LogP contribution in [0.5, 0.6) is 11.5 Å². The molecule has 1 atom stereocenters. The molecule has 0 saturated heterocycles. The Labute approximate surface area is 168 Å². The Morgan fingerprint density at radius 2 is 2.00 bits per heavy atom. The SMILES string of the molecule is COc1ccc([C@H]2CC(=O)Nc3c2cnn3Cc2ccccc2Cl)c(OC)c1. The van der Waals surface area contributed by atoms with Crippen molar-refractivity contribution in [2.24, 2.45) is 0 Å². The molecule has 0 radical (unpaired) electrons. The molecule has 0 fully saturated rings. The number of benzene rings is 2. The molecule has 144 valence electrons. The molecule has 7 heteroatoms. The number of carbonyl (C=O) groups excluding carboxylic acids is 1. The summed E-state index contributed by atoms with van der Waals surface area (Å²) in [6, 6.07) is 13.3. The Morgan fingerprint density at radius 1 is 1.18 bits per heavy atom. The zero-order valence-electron chi connectivity index (χ0n) is 15.6. The maximum absolute atomic E-state index is 12.5. The van der Waals surface area contributed by atoms with Crippen molar-refractivity contribution < 1.29 is 14.3 Å². The molecule has 1 aromatic heterocycles. The summed E-state index contributed by atoms with van der Waals surface area (Å²) in [6.45, 7) is 0.474. The average Bonchev–Trinajstić information content (AvgIpc) is 3.11. The van der Waals surface area contributed by atoms with Gasteiger partial charge in [-0.3, -0.25) is 4.79 Å². The van der Waals surface area contributed by atoms with Gasteiger partial charge in [0.05, 0.1) is 27.0 Å². The third kappa shape index (κ3) is 3.31. The zero-order chi connectivity index (χ0) is 19.7. The van der Waals surface area contributed by atoms with Gasteiger partial charge in [-0.2, -0.15) is 5.10 Å². The average molecular weight is 398 g/mol. The minimum absolute atomic E-state index is 0.0590. The van der Waals surface area contributed by atoms with E-state index >= 15 is 0 Å². The van der Waals surface area contributed by atoms with E-state index in [4.69, 9.17) is 21.1 Å². The first-order valence-electron chi connectivity index (χ1n) is 8.91. The number of nitrogens with one attached hydrogen (secondary N) is 1. The van der Waals surface area contributed by atoms with Gasteiger partial charge >= 0.3 is 0 Å². The molecule has 0 bridgehead atoms. The largest absolute Gasteiger partial charge is 0.497 e. The monoisotopic (exact) mass is 397 g/mol. The lowest BCUT2D eigenvalue weighted by atomic mass is 9.86. The quantitative estimate of drug-likeness (QED) is 0.704. The minimum atomic E-state index is -0.149. The number of rotatable bonds is 5. The summed E-state index contributed by atoms with van der Waals surface area (Å²) in [6.07, 6.45) is 2.13. The van der Waals surface area contributed by atoms with Crippen LogP contribution in [0.4, 0.5) is 5.82 Å². The lowest BCUT2D eigenvalue weighted by Gasteiger charge is -2.25. The van der Waals surface area contributed by atoms with Crippen molar-refractivity contribution in [3.05, 3.63) is 70.4 Å². The van der Waals surface area contributed by atoms with Gasteiger partial charge in [0.1, 0.15) is 17.3 Å². The van der Waals surface area contributed by atoms with Crippen LogP contribution in [0.25, 0.3) is 0 Å². The van der Waals surface area contributed by atoms with Gasteiger partial charge < -0.3 is 14.8 Å². The molecule has 2 heterocycles. The van der Waals surface area contributed by atoms with Crippen LogP contribution in [0, 0.1) is 0 Å². The Balaban J connectivity index is 1.74. The van der Waals surface area contributed by atoms with Crippen LogP contribution >= 0.6 is 11.6 Å². The molecule has 1 amide bonds. The van der Waals surface area contributed by atoms with Crippen molar-refractivity contribution >= 4 is 23.3 Å². The van der Waals surface area contributed by atoms with Gasteiger partial charge in [-0.05, 0) is 17.7 Å². The van der Waals surface area contributed by atoms with Crippen LogP contribution in [-0.2, 0) is 11.3 Å². The third-order valence-electron chi connectivity index (χ3n) is 4.98. The molecule has 1 N–H and O–H groups in total. The van der Waals surface area contributed by atoms with Crippen LogP contribution in [0.15, 0.2) is 48.7 Å². The van der Waals surface area contributed by atoms with E-state index in [1.165, 1.54) is 0 Å². The van der Waals surface area contributed by atoms with E-state index < -0.39 is 0 Å². The van der Waals surface area contributed by atoms with Gasteiger partial charge in [0.25, 0.3) is 0 Å². The minimum Gasteiger partial charge on any atom is -0.497 e. The Kier molecular flexibility index (Phi) is 4.96. The highest BCUT2D eigenvalue weighted by Gasteiger charge is 2.32. The standard InChI is InChI=1S/C21H20ClN3O3/c1-27-14-7-8-15(19(9-14)28-2)16-10-20(26)24-21-17(16)11-23-25(21)12-13-5-3-4-6-18(13)22/h3-9,11,16H,10,12H2,1-2H3,(H,24,26)/t16-/m1/s1. The first-order chi connectivity index (χ1) is 13.6. The molecule has 1 aliphatic heterocycles. The third-order valence-corrected chi connectivity index (χ3v) is 5.35. The second-order valence-corrected chi connectivity index (χ2v) is 7.02. The molecule has 3 aromatic rings. The number of aromatic nitrogens is 2. The van der Waals surface area contributed by atoms with Crippen LogP contribution in [-0.4, -0.2) is 29.9 Å². The predicted octanol–water partition coefficient (Wildman–Crippen LogP) is 4.08. The van der Waals surface area contributed by atoms with Gasteiger partial charge in [-0.25, -0.2) is 4.68 Å². The Morgan fingerprint density at radius 3 is 2.75 bits per heavy atom. The van der Waals surface area contributed by atoms with Crippen LogP contribution < -0.4 is 14.8 Å². The van der Waals surface area contributed by atoms with E-state index in [0.717, 1.165) is 16.7 Å². The van der Waals surface area contributed by atoms with Crippen molar-refractivity contribution in [1.82, 2.24) is 9.78 Å². The van der Waals surface area contributed by atoms with Crippen LogP contribution in [0.3, 0.4) is 0 Å². The van der Waals surface area contributed by atoms with Crippen molar-refractivity contribution in [3.63, 3.8) is 0 Å².